The zero-order valence-corrected chi connectivity index (χ0v) is 10.3. The molecule has 1 rings (SSSR count). The van der Waals surface area contributed by atoms with Crippen LogP contribution in [0.25, 0.3) is 0 Å². The maximum Gasteiger partial charge on any atom is 0.240 e. The van der Waals surface area contributed by atoms with Crippen molar-refractivity contribution in [2.24, 2.45) is 0 Å². The topological polar surface area (TPSA) is 75.6 Å². The van der Waals surface area contributed by atoms with Crippen LogP contribution in [-0.2, 0) is 10.0 Å². The number of hydrogen-bond donors (Lipinski definition) is 2. The van der Waals surface area contributed by atoms with E-state index in [0.717, 1.165) is 6.07 Å². The number of benzene rings is 1. The Morgan fingerprint density at radius 2 is 2.18 bits per heavy atom. The molecule has 5 nitrogen and oxygen atoms in total. The molecule has 17 heavy (non-hydrogen) atoms. The standard InChI is InChI=1S/C10H14FNO4S/c1-7(6-13)12-17(14,15)8-3-4-10(16-2)9(11)5-8/h3-5,7,12-13H,6H2,1-2H3/t7-/m0/s1. The number of aliphatic hydroxyl groups excluding tert-OH is 1. The third-order valence-corrected chi connectivity index (χ3v) is 3.65. The Kier molecular flexibility index (Phi) is 4.44. The van der Waals surface area contributed by atoms with E-state index in [2.05, 4.69) is 9.46 Å². The van der Waals surface area contributed by atoms with E-state index < -0.39 is 21.9 Å². The molecule has 0 saturated carbocycles. The monoisotopic (exact) mass is 263 g/mol. The van der Waals surface area contributed by atoms with Gasteiger partial charge in [-0.2, -0.15) is 0 Å². The average molecular weight is 263 g/mol. The number of rotatable bonds is 5. The Balaban J connectivity index is 3.04. The second kappa shape index (κ2) is 5.44. The van der Waals surface area contributed by atoms with E-state index in [1.54, 1.807) is 0 Å². The van der Waals surface area contributed by atoms with Crippen LogP contribution in [0.1, 0.15) is 6.92 Å². The molecule has 1 atom stereocenters. The summed E-state index contributed by atoms with van der Waals surface area (Å²) in [7, 11) is -2.53. The van der Waals surface area contributed by atoms with Crippen LogP contribution in [0.15, 0.2) is 23.1 Å². The van der Waals surface area contributed by atoms with Gasteiger partial charge in [-0.05, 0) is 25.1 Å². The smallest absolute Gasteiger partial charge is 0.240 e. The summed E-state index contributed by atoms with van der Waals surface area (Å²) in [5.41, 5.74) is 0. The molecule has 7 heteroatoms. The Labute approximate surface area is 99.3 Å². The minimum atomic E-state index is -3.82. The fraction of sp³-hybridized carbons (Fsp3) is 0.400. The first-order valence-electron chi connectivity index (χ1n) is 4.87. The molecule has 96 valence electrons. The molecule has 1 aromatic rings. The van der Waals surface area contributed by atoms with Crippen molar-refractivity contribution in [3.8, 4) is 5.75 Å². The van der Waals surface area contributed by atoms with Crippen LogP contribution < -0.4 is 9.46 Å². The van der Waals surface area contributed by atoms with Crippen molar-refractivity contribution in [2.75, 3.05) is 13.7 Å². The highest BCUT2D eigenvalue weighted by Crippen LogP contribution is 2.20. The number of aliphatic hydroxyl groups is 1. The summed E-state index contributed by atoms with van der Waals surface area (Å²) >= 11 is 0. The van der Waals surface area contributed by atoms with Gasteiger partial charge in [0, 0.05) is 6.04 Å². The first kappa shape index (κ1) is 13.9. The van der Waals surface area contributed by atoms with E-state index in [9.17, 15) is 12.8 Å². The molecular formula is C10H14FNO4S. The minimum Gasteiger partial charge on any atom is -0.494 e. The molecule has 0 aliphatic carbocycles. The van der Waals surface area contributed by atoms with Crippen molar-refractivity contribution in [1.82, 2.24) is 4.72 Å². The lowest BCUT2D eigenvalue weighted by atomic mass is 10.3. The highest BCUT2D eigenvalue weighted by molar-refractivity contribution is 7.89. The molecule has 0 spiro atoms. The van der Waals surface area contributed by atoms with Crippen LogP contribution in [-0.4, -0.2) is 33.3 Å². The molecule has 0 radical (unpaired) electrons. The summed E-state index contributed by atoms with van der Waals surface area (Å²) < 4.78 is 43.7. The van der Waals surface area contributed by atoms with Crippen molar-refractivity contribution in [3.63, 3.8) is 0 Å². The van der Waals surface area contributed by atoms with Crippen LogP contribution in [0, 0.1) is 5.82 Å². The van der Waals surface area contributed by atoms with Gasteiger partial charge in [-0.3, -0.25) is 0 Å². The fourth-order valence-electron chi connectivity index (χ4n) is 1.18. The predicted molar refractivity (Wildman–Crippen MR) is 59.8 cm³/mol. The van der Waals surface area contributed by atoms with Crippen LogP contribution in [0.4, 0.5) is 4.39 Å². The van der Waals surface area contributed by atoms with Crippen molar-refractivity contribution >= 4 is 10.0 Å². The van der Waals surface area contributed by atoms with E-state index in [1.807, 2.05) is 0 Å². The molecule has 1 aromatic carbocycles. The number of nitrogens with one attached hydrogen (secondary N) is 1. The summed E-state index contributed by atoms with van der Waals surface area (Å²) in [5.74, 6) is -0.786. The average Bonchev–Trinajstić information content (AvgIpc) is 2.28. The highest BCUT2D eigenvalue weighted by atomic mass is 32.2. The number of ether oxygens (including phenoxy) is 1. The maximum absolute atomic E-state index is 13.3. The SMILES string of the molecule is COc1ccc(S(=O)(=O)N[C@@H](C)CO)cc1F. The van der Waals surface area contributed by atoms with E-state index in [4.69, 9.17) is 5.11 Å². The van der Waals surface area contributed by atoms with Gasteiger partial charge in [0.15, 0.2) is 11.6 Å². The van der Waals surface area contributed by atoms with Gasteiger partial charge in [0.2, 0.25) is 10.0 Å². The van der Waals surface area contributed by atoms with Crippen LogP contribution in [0.3, 0.4) is 0 Å². The molecule has 2 N–H and O–H groups in total. The fourth-order valence-corrected chi connectivity index (χ4v) is 2.43. The lowest BCUT2D eigenvalue weighted by molar-refractivity contribution is 0.265. The summed E-state index contributed by atoms with van der Waals surface area (Å²) in [4.78, 5) is -0.212. The Bertz CT molecular complexity index is 489. The van der Waals surface area contributed by atoms with Crippen LogP contribution in [0.2, 0.25) is 0 Å². The minimum absolute atomic E-state index is 0.0286. The molecule has 0 aliphatic heterocycles. The van der Waals surface area contributed by atoms with Crippen molar-refractivity contribution in [1.29, 1.82) is 0 Å². The molecule has 0 unspecified atom stereocenters. The molecule has 0 aromatic heterocycles. The zero-order chi connectivity index (χ0) is 13.1. The van der Waals surface area contributed by atoms with Gasteiger partial charge < -0.3 is 9.84 Å². The third-order valence-electron chi connectivity index (χ3n) is 2.06. The van der Waals surface area contributed by atoms with Gasteiger partial charge >= 0.3 is 0 Å². The van der Waals surface area contributed by atoms with Crippen molar-refractivity contribution < 1.29 is 22.7 Å². The van der Waals surface area contributed by atoms with E-state index in [0.29, 0.717) is 0 Å². The van der Waals surface area contributed by atoms with E-state index >= 15 is 0 Å². The highest BCUT2D eigenvalue weighted by Gasteiger charge is 2.18. The number of methoxy groups -OCH3 is 1. The Hall–Kier alpha value is -1.18. The van der Waals surface area contributed by atoms with Gasteiger partial charge in [0.25, 0.3) is 0 Å². The van der Waals surface area contributed by atoms with Gasteiger partial charge in [0.1, 0.15) is 0 Å². The number of hydrogen-bond acceptors (Lipinski definition) is 4. The lowest BCUT2D eigenvalue weighted by Gasteiger charge is -2.12. The van der Waals surface area contributed by atoms with E-state index in [1.165, 1.54) is 26.2 Å². The molecular weight excluding hydrogens is 249 g/mol. The second-order valence-corrected chi connectivity index (χ2v) is 5.22. The molecule has 0 heterocycles. The Morgan fingerprint density at radius 1 is 1.53 bits per heavy atom. The van der Waals surface area contributed by atoms with Crippen molar-refractivity contribution in [2.45, 2.75) is 17.9 Å². The first-order chi connectivity index (χ1) is 7.90. The second-order valence-electron chi connectivity index (χ2n) is 3.50. The zero-order valence-electron chi connectivity index (χ0n) is 9.47. The Morgan fingerprint density at radius 3 is 2.65 bits per heavy atom. The first-order valence-corrected chi connectivity index (χ1v) is 6.35. The third kappa shape index (κ3) is 3.39. The molecule has 0 saturated heterocycles. The van der Waals surface area contributed by atoms with E-state index in [-0.39, 0.29) is 17.3 Å². The molecule has 0 aliphatic rings. The van der Waals surface area contributed by atoms with Crippen LogP contribution >= 0.6 is 0 Å². The molecule has 0 fully saturated rings. The quantitative estimate of drug-likeness (QED) is 0.811. The predicted octanol–water partition coefficient (Wildman–Crippen LogP) is 0.493. The van der Waals surface area contributed by atoms with Crippen LogP contribution in [0.5, 0.6) is 5.75 Å². The summed E-state index contributed by atoms with van der Waals surface area (Å²) in [5, 5.41) is 8.76. The maximum atomic E-state index is 13.3. The number of halogens is 1. The summed E-state index contributed by atoms with van der Waals surface area (Å²) in [6.07, 6.45) is 0. The summed E-state index contributed by atoms with van der Waals surface area (Å²) in [6, 6.07) is 2.69. The van der Waals surface area contributed by atoms with Gasteiger partial charge in [0.05, 0.1) is 18.6 Å². The van der Waals surface area contributed by atoms with Gasteiger partial charge in [-0.15, -0.1) is 0 Å². The lowest BCUT2D eigenvalue weighted by Crippen LogP contribution is -2.35. The normalized spacial score (nSPS) is 13.4. The summed E-state index contributed by atoms with van der Waals surface area (Å²) in [6.45, 7) is 1.16. The molecule has 0 amide bonds. The van der Waals surface area contributed by atoms with Crippen molar-refractivity contribution in [3.05, 3.63) is 24.0 Å². The molecule has 0 bridgehead atoms. The largest absolute Gasteiger partial charge is 0.494 e. The number of sulfonamides is 1. The van der Waals surface area contributed by atoms with Gasteiger partial charge in [-0.1, -0.05) is 0 Å². The van der Waals surface area contributed by atoms with Gasteiger partial charge in [-0.25, -0.2) is 17.5 Å².